The third-order valence-electron chi connectivity index (χ3n) is 3.74. The molecule has 2 aromatic carbocycles. The van der Waals surface area contributed by atoms with Crippen molar-refractivity contribution < 1.29 is 9.59 Å². The molecule has 0 radical (unpaired) electrons. The molecule has 0 saturated heterocycles. The summed E-state index contributed by atoms with van der Waals surface area (Å²) < 4.78 is 0. The monoisotopic (exact) mass is 314 g/mol. The highest BCUT2D eigenvalue weighted by Crippen LogP contribution is 2.26. The lowest BCUT2D eigenvalue weighted by Gasteiger charge is -2.12. The number of halogens is 1. The predicted molar refractivity (Wildman–Crippen MR) is 86.3 cm³/mol. The van der Waals surface area contributed by atoms with Gasteiger partial charge in [0, 0.05) is 23.8 Å². The molecule has 0 saturated carbocycles. The quantitative estimate of drug-likeness (QED) is 0.941. The molecule has 0 spiro atoms. The molecule has 22 heavy (non-hydrogen) atoms. The number of rotatable bonds is 3. The van der Waals surface area contributed by atoms with Crippen molar-refractivity contribution in [2.24, 2.45) is 0 Å². The maximum Gasteiger partial charge on any atom is 0.256 e. The molecule has 0 atom stereocenters. The average molecular weight is 315 g/mol. The molecule has 2 amide bonds. The normalized spacial score (nSPS) is 13.2. The summed E-state index contributed by atoms with van der Waals surface area (Å²) in [7, 11) is 0. The first-order chi connectivity index (χ1) is 10.6. The second kappa shape index (κ2) is 5.81. The molecular weight excluding hydrogens is 300 g/mol. The van der Waals surface area contributed by atoms with Crippen molar-refractivity contribution >= 4 is 29.1 Å². The molecule has 0 aliphatic carbocycles. The number of benzene rings is 2. The minimum absolute atomic E-state index is 0.0839. The van der Waals surface area contributed by atoms with Gasteiger partial charge < -0.3 is 10.2 Å². The minimum atomic E-state index is -0.287. The van der Waals surface area contributed by atoms with Crippen LogP contribution in [0.2, 0.25) is 5.02 Å². The van der Waals surface area contributed by atoms with E-state index in [-0.39, 0.29) is 11.8 Å². The van der Waals surface area contributed by atoms with Crippen LogP contribution >= 0.6 is 11.6 Å². The van der Waals surface area contributed by atoms with Gasteiger partial charge in [-0.15, -0.1) is 0 Å². The maximum atomic E-state index is 12.5. The third-order valence-corrected chi connectivity index (χ3v) is 3.99. The fourth-order valence-electron chi connectivity index (χ4n) is 2.60. The van der Waals surface area contributed by atoms with Gasteiger partial charge in [-0.25, -0.2) is 0 Å². The molecule has 0 aromatic heterocycles. The van der Waals surface area contributed by atoms with E-state index in [0.29, 0.717) is 34.9 Å². The van der Waals surface area contributed by atoms with Gasteiger partial charge in [-0.1, -0.05) is 23.7 Å². The second-order valence-corrected chi connectivity index (χ2v) is 5.56. The number of hydrogen-bond acceptors (Lipinski definition) is 2. The van der Waals surface area contributed by atoms with Crippen molar-refractivity contribution in [2.45, 2.75) is 13.5 Å². The van der Waals surface area contributed by atoms with Crippen LogP contribution < -0.4 is 5.32 Å². The number of anilines is 1. The van der Waals surface area contributed by atoms with Gasteiger partial charge in [0.05, 0.1) is 11.1 Å². The summed E-state index contributed by atoms with van der Waals surface area (Å²) in [5, 5.41) is 3.40. The van der Waals surface area contributed by atoms with Crippen molar-refractivity contribution in [3.05, 3.63) is 64.2 Å². The van der Waals surface area contributed by atoms with Gasteiger partial charge in [0.15, 0.2) is 0 Å². The molecule has 4 nitrogen and oxygen atoms in total. The van der Waals surface area contributed by atoms with Crippen molar-refractivity contribution in [1.82, 2.24) is 4.90 Å². The van der Waals surface area contributed by atoms with Gasteiger partial charge in [-0.2, -0.15) is 0 Å². The van der Waals surface area contributed by atoms with Crippen LogP contribution in [0.25, 0.3) is 0 Å². The Kier molecular flexibility index (Phi) is 3.86. The van der Waals surface area contributed by atoms with E-state index >= 15 is 0 Å². The van der Waals surface area contributed by atoms with Gasteiger partial charge in [-0.05, 0) is 42.8 Å². The number of nitrogens with zero attached hydrogens (tertiary/aromatic N) is 1. The van der Waals surface area contributed by atoms with Crippen LogP contribution in [0, 0.1) is 0 Å². The highest BCUT2D eigenvalue weighted by atomic mass is 35.5. The summed E-state index contributed by atoms with van der Waals surface area (Å²) in [6, 6.07) is 12.2. The van der Waals surface area contributed by atoms with E-state index in [4.69, 9.17) is 11.6 Å². The van der Waals surface area contributed by atoms with E-state index in [9.17, 15) is 9.59 Å². The van der Waals surface area contributed by atoms with Crippen molar-refractivity contribution in [2.75, 3.05) is 11.9 Å². The smallest absolute Gasteiger partial charge is 0.256 e. The fraction of sp³-hybridized carbons (Fsp3) is 0.176. The number of nitrogens with one attached hydrogen (secondary N) is 1. The van der Waals surface area contributed by atoms with Crippen molar-refractivity contribution in [3.8, 4) is 0 Å². The van der Waals surface area contributed by atoms with E-state index < -0.39 is 0 Å². The van der Waals surface area contributed by atoms with Crippen LogP contribution in [-0.4, -0.2) is 23.3 Å². The van der Waals surface area contributed by atoms with Crippen molar-refractivity contribution in [3.63, 3.8) is 0 Å². The van der Waals surface area contributed by atoms with E-state index in [0.717, 1.165) is 5.56 Å². The maximum absolute atomic E-state index is 12.5. The Morgan fingerprint density at radius 3 is 2.64 bits per heavy atom. The fourth-order valence-corrected chi connectivity index (χ4v) is 2.72. The molecule has 5 heteroatoms. The predicted octanol–water partition coefficient (Wildman–Crippen LogP) is 3.57. The van der Waals surface area contributed by atoms with Crippen LogP contribution in [-0.2, 0) is 6.54 Å². The van der Waals surface area contributed by atoms with Crippen LogP contribution in [0.5, 0.6) is 0 Å². The lowest BCUT2D eigenvalue weighted by atomic mass is 10.0. The summed E-state index contributed by atoms with van der Waals surface area (Å²) in [5.74, 6) is -0.371. The van der Waals surface area contributed by atoms with E-state index in [1.165, 1.54) is 0 Å². The Bertz CT molecular complexity index is 741. The minimum Gasteiger partial charge on any atom is -0.335 e. The molecule has 1 aliphatic heterocycles. The summed E-state index contributed by atoms with van der Waals surface area (Å²) in [4.78, 5) is 26.6. The number of hydrogen-bond donors (Lipinski definition) is 1. The number of carbonyl (C=O) groups is 2. The SMILES string of the molecule is CCN1Cc2cccc(C(=O)Nc3ccc(Cl)cc3)c2C1=O. The summed E-state index contributed by atoms with van der Waals surface area (Å²) in [5.41, 5.74) is 2.46. The molecule has 2 aromatic rings. The Hall–Kier alpha value is -2.33. The van der Waals surface area contributed by atoms with Crippen LogP contribution in [0.1, 0.15) is 33.2 Å². The van der Waals surface area contributed by atoms with E-state index in [1.807, 2.05) is 19.1 Å². The van der Waals surface area contributed by atoms with Gasteiger partial charge in [0.2, 0.25) is 0 Å². The first-order valence-electron chi connectivity index (χ1n) is 7.08. The zero-order chi connectivity index (χ0) is 15.7. The zero-order valence-corrected chi connectivity index (χ0v) is 12.9. The molecule has 1 heterocycles. The Morgan fingerprint density at radius 1 is 1.23 bits per heavy atom. The first kappa shape index (κ1) is 14.6. The highest BCUT2D eigenvalue weighted by molar-refractivity contribution is 6.30. The Morgan fingerprint density at radius 2 is 1.95 bits per heavy atom. The third kappa shape index (κ3) is 2.57. The Labute approximate surface area is 133 Å². The van der Waals surface area contributed by atoms with E-state index in [1.54, 1.807) is 35.2 Å². The van der Waals surface area contributed by atoms with Gasteiger partial charge in [-0.3, -0.25) is 9.59 Å². The molecular formula is C17H15ClN2O2. The molecule has 3 rings (SSSR count). The number of amides is 2. The Balaban J connectivity index is 1.90. The molecule has 112 valence electrons. The number of carbonyl (C=O) groups excluding carboxylic acids is 2. The molecule has 0 bridgehead atoms. The average Bonchev–Trinajstić information content (AvgIpc) is 2.86. The van der Waals surface area contributed by atoms with Gasteiger partial charge >= 0.3 is 0 Å². The van der Waals surface area contributed by atoms with Crippen LogP contribution in [0.4, 0.5) is 5.69 Å². The zero-order valence-electron chi connectivity index (χ0n) is 12.1. The molecule has 0 fully saturated rings. The highest BCUT2D eigenvalue weighted by Gasteiger charge is 2.30. The van der Waals surface area contributed by atoms with Crippen LogP contribution in [0.15, 0.2) is 42.5 Å². The number of fused-ring (bicyclic) bond motifs is 1. The van der Waals surface area contributed by atoms with E-state index in [2.05, 4.69) is 5.32 Å². The molecule has 1 N–H and O–H groups in total. The topological polar surface area (TPSA) is 49.4 Å². The lowest BCUT2D eigenvalue weighted by molar-refractivity contribution is 0.0783. The summed E-state index contributed by atoms with van der Waals surface area (Å²) >= 11 is 5.83. The van der Waals surface area contributed by atoms with Gasteiger partial charge in [0.1, 0.15) is 0 Å². The standard InChI is InChI=1S/C17H15ClN2O2/c1-2-20-10-11-4-3-5-14(15(11)17(20)22)16(21)19-13-8-6-12(18)7-9-13/h3-9H,2,10H2,1H3,(H,19,21). The molecule has 0 unspecified atom stereocenters. The molecule has 1 aliphatic rings. The second-order valence-electron chi connectivity index (χ2n) is 5.12. The summed E-state index contributed by atoms with van der Waals surface area (Å²) in [6.45, 7) is 3.12. The van der Waals surface area contributed by atoms with Gasteiger partial charge in [0.25, 0.3) is 11.8 Å². The van der Waals surface area contributed by atoms with Crippen molar-refractivity contribution in [1.29, 1.82) is 0 Å². The lowest BCUT2D eigenvalue weighted by Crippen LogP contribution is -2.24. The van der Waals surface area contributed by atoms with Crippen LogP contribution in [0.3, 0.4) is 0 Å². The largest absolute Gasteiger partial charge is 0.335 e. The first-order valence-corrected chi connectivity index (χ1v) is 7.46. The summed E-state index contributed by atoms with van der Waals surface area (Å²) in [6.07, 6.45) is 0.